The van der Waals surface area contributed by atoms with Crippen molar-refractivity contribution in [3.05, 3.63) is 41.1 Å². The second kappa shape index (κ2) is 5.89. The average Bonchev–Trinajstić information content (AvgIpc) is 2.98. The van der Waals surface area contributed by atoms with Gasteiger partial charge in [-0.3, -0.25) is 10.5 Å². The van der Waals surface area contributed by atoms with Gasteiger partial charge in [-0.05, 0) is 24.6 Å². The number of carbonyl (C=O) groups excluding carboxylic acids is 1. The molecule has 0 aliphatic heterocycles. The van der Waals surface area contributed by atoms with Gasteiger partial charge in [0, 0.05) is 5.56 Å². The third-order valence-corrected chi connectivity index (χ3v) is 3.41. The number of nitrogens with one attached hydrogen (secondary N) is 2. The average molecular weight is 324 g/mol. The highest BCUT2D eigenvalue weighted by Gasteiger charge is 2.24. The second-order valence-corrected chi connectivity index (χ2v) is 4.84. The van der Waals surface area contributed by atoms with E-state index in [-0.39, 0.29) is 40.3 Å². The number of phenolic OH excluding ortho intramolecular Hbond substituents is 1. The molecule has 0 spiro atoms. The Bertz CT molecular complexity index is 1030. The van der Waals surface area contributed by atoms with E-state index in [0.29, 0.717) is 11.1 Å². The van der Waals surface area contributed by atoms with E-state index in [1.807, 2.05) is 6.07 Å². The zero-order valence-electron chi connectivity index (χ0n) is 12.6. The maximum Gasteiger partial charge on any atom is 0.357 e. The molecule has 3 aromatic rings. The lowest BCUT2D eigenvalue weighted by Crippen LogP contribution is -2.09. The van der Waals surface area contributed by atoms with Crippen molar-refractivity contribution in [1.29, 1.82) is 10.7 Å². The van der Waals surface area contributed by atoms with Crippen molar-refractivity contribution in [2.75, 3.05) is 6.61 Å². The van der Waals surface area contributed by atoms with Gasteiger partial charge in [0.25, 0.3) is 0 Å². The van der Waals surface area contributed by atoms with E-state index in [0.717, 1.165) is 0 Å². The van der Waals surface area contributed by atoms with Crippen LogP contribution in [0, 0.1) is 16.7 Å². The van der Waals surface area contributed by atoms with Gasteiger partial charge in [-0.25, -0.2) is 4.79 Å². The Morgan fingerprint density at radius 1 is 1.46 bits per heavy atom. The molecule has 0 saturated heterocycles. The maximum atomic E-state index is 12.1. The summed E-state index contributed by atoms with van der Waals surface area (Å²) < 4.78 is 10.2. The standard InChI is InChI=1S/C16H12N4O4/c1-2-23-16(22)13-12-11(8-3-5-9(21)6-4-8)10(7-17)14(18)24-15(12)20-19-13/h3-6,18,21H,2H2,1H3,(H,19,20). The van der Waals surface area contributed by atoms with Crippen LogP contribution in [0.1, 0.15) is 23.0 Å². The molecule has 24 heavy (non-hydrogen) atoms. The summed E-state index contributed by atoms with van der Waals surface area (Å²) in [5, 5.41) is 33.4. The van der Waals surface area contributed by atoms with Crippen molar-refractivity contribution in [2.24, 2.45) is 0 Å². The van der Waals surface area contributed by atoms with E-state index in [9.17, 15) is 15.2 Å². The van der Waals surface area contributed by atoms with Crippen LogP contribution in [-0.4, -0.2) is 27.9 Å². The smallest absolute Gasteiger partial charge is 0.357 e. The monoisotopic (exact) mass is 324 g/mol. The molecule has 120 valence electrons. The van der Waals surface area contributed by atoms with Crippen molar-refractivity contribution in [1.82, 2.24) is 10.2 Å². The lowest BCUT2D eigenvalue weighted by Gasteiger charge is -2.07. The van der Waals surface area contributed by atoms with Gasteiger partial charge < -0.3 is 14.3 Å². The van der Waals surface area contributed by atoms with Crippen LogP contribution >= 0.6 is 0 Å². The number of H-pyrrole nitrogens is 1. The summed E-state index contributed by atoms with van der Waals surface area (Å²) in [6.45, 7) is 1.84. The molecule has 0 fully saturated rings. The SMILES string of the molecule is CCOC(=O)c1[nH]nc2oc(=N)c(C#N)c(-c3ccc(O)cc3)c12. The lowest BCUT2D eigenvalue weighted by molar-refractivity contribution is 0.0521. The van der Waals surface area contributed by atoms with Gasteiger partial charge in [-0.1, -0.05) is 12.1 Å². The summed E-state index contributed by atoms with van der Waals surface area (Å²) in [5.41, 5.74) is 0.501. The van der Waals surface area contributed by atoms with E-state index < -0.39 is 5.97 Å². The minimum Gasteiger partial charge on any atom is -0.508 e. The molecule has 0 atom stereocenters. The topological polar surface area (TPSA) is 136 Å². The normalized spacial score (nSPS) is 10.5. The number of phenols is 1. The number of aromatic nitrogens is 2. The van der Waals surface area contributed by atoms with Crippen molar-refractivity contribution >= 4 is 17.1 Å². The number of hydrogen-bond acceptors (Lipinski definition) is 7. The molecule has 0 bridgehead atoms. The Balaban J connectivity index is 2.41. The molecule has 0 radical (unpaired) electrons. The fraction of sp³-hybridized carbons (Fsp3) is 0.125. The van der Waals surface area contributed by atoms with Crippen LogP contribution in [0.5, 0.6) is 5.75 Å². The number of aromatic hydroxyl groups is 1. The van der Waals surface area contributed by atoms with Gasteiger partial charge in [-0.2, -0.15) is 5.26 Å². The van der Waals surface area contributed by atoms with Crippen LogP contribution in [-0.2, 0) is 4.74 Å². The van der Waals surface area contributed by atoms with Gasteiger partial charge in [-0.15, -0.1) is 5.10 Å². The van der Waals surface area contributed by atoms with Crippen LogP contribution in [0.25, 0.3) is 22.2 Å². The highest BCUT2D eigenvalue weighted by atomic mass is 16.5. The Morgan fingerprint density at radius 2 is 2.17 bits per heavy atom. The first kappa shape index (κ1) is 15.3. The van der Waals surface area contributed by atoms with Crippen LogP contribution in [0.15, 0.2) is 28.7 Å². The number of ether oxygens (including phenoxy) is 1. The molecule has 0 aliphatic carbocycles. The molecule has 2 heterocycles. The number of hydrogen-bond donors (Lipinski definition) is 3. The molecular formula is C16H12N4O4. The van der Waals surface area contributed by atoms with Gasteiger partial charge in [0.15, 0.2) is 5.69 Å². The molecular weight excluding hydrogens is 312 g/mol. The van der Waals surface area contributed by atoms with Crippen molar-refractivity contribution in [3.63, 3.8) is 0 Å². The minimum atomic E-state index is -0.642. The summed E-state index contributed by atoms with van der Waals surface area (Å²) in [6, 6.07) is 7.96. The summed E-state index contributed by atoms with van der Waals surface area (Å²) in [5.74, 6) is -0.588. The Hall–Kier alpha value is -3.60. The van der Waals surface area contributed by atoms with Crippen LogP contribution in [0.3, 0.4) is 0 Å². The molecule has 2 aromatic heterocycles. The first-order valence-corrected chi connectivity index (χ1v) is 7.03. The van der Waals surface area contributed by atoms with Crippen LogP contribution in [0.4, 0.5) is 0 Å². The fourth-order valence-electron chi connectivity index (χ4n) is 2.39. The first-order chi connectivity index (χ1) is 11.6. The highest BCUT2D eigenvalue weighted by Crippen LogP contribution is 2.32. The van der Waals surface area contributed by atoms with E-state index in [4.69, 9.17) is 14.6 Å². The largest absolute Gasteiger partial charge is 0.508 e. The summed E-state index contributed by atoms with van der Waals surface area (Å²) in [4.78, 5) is 12.1. The van der Waals surface area contributed by atoms with Crippen LogP contribution in [0.2, 0.25) is 0 Å². The predicted molar refractivity (Wildman–Crippen MR) is 82.0 cm³/mol. The molecule has 0 aliphatic rings. The summed E-state index contributed by atoms with van der Waals surface area (Å²) >= 11 is 0. The molecule has 0 amide bonds. The summed E-state index contributed by atoms with van der Waals surface area (Å²) in [6.07, 6.45) is 0. The van der Waals surface area contributed by atoms with Crippen molar-refractivity contribution in [2.45, 2.75) is 6.92 Å². The van der Waals surface area contributed by atoms with Gasteiger partial charge in [0.1, 0.15) is 17.4 Å². The number of benzene rings is 1. The number of fused-ring (bicyclic) bond motifs is 1. The van der Waals surface area contributed by atoms with E-state index >= 15 is 0 Å². The Morgan fingerprint density at radius 3 is 2.79 bits per heavy atom. The number of aromatic amines is 1. The van der Waals surface area contributed by atoms with Crippen molar-refractivity contribution < 1.29 is 19.1 Å². The molecule has 0 unspecified atom stereocenters. The van der Waals surface area contributed by atoms with Crippen LogP contribution < -0.4 is 5.55 Å². The second-order valence-electron chi connectivity index (χ2n) is 4.84. The molecule has 1 aromatic carbocycles. The third kappa shape index (κ3) is 2.38. The first-order valence-electron chi connectivity index (χ1n) is 7.03. The van der Waals surface area contributed by atoms with E-state index in [1.165, 1.54) is 12.1 Å². The summed E-state index contributed by atoms with van der Waals surface area (Å²) in [7, 11) is 0. The zero-order chi connectivity index (χ0) is 17.3. The fourth-order valence-corrected chi connectivity index (χ4v) is 2.39. The molecule has 8 heteroatoms. The number of rotatable bonds is 3. The third-order valence-electron chi connectivity index (χ3n) is 3.41. The molecule has 0 saturated carbocycles. The number of esters is 1. The minimum absolute atomic E-state index is 0.0186. The molecule has 3 rings (SSSR count). The molecule has 8 nitrogen and oxygen atoms in total. The predicted octanol–water partition coefficient (Wildman–Crippen LogP) is 2.06. The maximum absolute atomic E-state index is 12.1. The van der Waals surface area contributed by atoms with Gasteiger partial charge in [0.2, 0.25) is 11.3 Å². The Labute approximate surface area is 135 Å². The van der Waals surface area contributed by atoms with Gasteiger partial charge in [0.05, 0.1) is 12.0 Å². The molecule has 3 N–H and O–H groups in total. The Kier molecular flexibility index (Phi) is 3.75. The van der Waals surface area contributed by atoms with E-state index in [2.05, 4.69) is 10.2 Å². The van der Waals surface area contributed by atoms with Gasteiger partial charge >= 0.3 is 5.97 Å². The quantitative estimate of drug-likeness (QED) is 0.631. The van der Waals surface area contributed by atoms with E-state index in [1.54, 1.807) is 19.1 Å². The number of nitrogens with zero attached hydrogens (tertiary/aromatic N) is 2. The number of nitriles is 1. The number of carbonyl (C=O) groups is 1. The highest BCUT2D eigenvalue weighted by molar-refractivity contribution is 6.07. The van der Waals surface area contributed by atoms with Crippen molar-refractivity contribution in [3.8, 4) is 22.9 Å². The zero-order valence-corrected chi connectivity index (χ0v) is 12.6. The lowest BCUT2D eigenvalue weighted by atomic mass is 9.98.